The van der Waals surface area contributed by atoms with Gasteiger partial charge in [0.1, 0.15) is 0 Å². The van der Waals surface area contributed by atoms with Gasteiger partial charge in [0.2, 0.25) is 5.91 Å². The average Bonchev–Trinajstić information content (AvgIpc) is 2.70. The molecule has 1 aromatic rings. The second-order valence-corrected chi connectivity index (χ2v) is 6.02. The molecule has 1 amide bonds. The van der Waals surface area contributed by atoms with E-state index in [-0.39, 0.29) is 24.3 Å². The van der Waals surface area contributed by atoms with E-state index < -0.39 is 11.9 Å². The molecule has 1 saturated heterocycles. The highest BCUT2D eigenvalue weighted by molar-refractivity contribution is 5.98. The van der Waals surface area contributed by atoms with Crippen molar-refractivity contribution in [1.82, 2.24) is 0 Å². The number of hydrogen-bond donors (Lipinski definition) is 0. The lowest BCUT2D eigenvalue weighted by Gasteiger charge is -2.21. The van der Waals surface area contributed by atoms with Crippen molar-refractivity contribution in [1.29, 1.82) is 0 Å². The Morgan fingerprint density at radius 3 is 2.26 bits per heavy atom. The van der Waals surface area contributed by atoms with Gasteiger partial charge in [0.15, 0.2) is 0 Å². The number of carbonyl (C=O) groups excluding carboxylic acids is 2. The summed E-state index contributed by atoms with van der Waals surface area (Å²) in [6.07, 6.45) is 0.0311. The van der Waals surface area contributed by atoms with Gasteiger partial charge < -0.3 is 14.8 Å². The fourth-order valence-electron chi connectivity index (χ4n) is 2.26. The van der Waals surface area contributed by atoms with E-state index in [0.29, 0.717) is 0 Å². The third-order valence-electron chi connectivity index (χ3n) is 3.50. The molecule has 0 aromatic heterocycles. The van der Waals surface area contributed by atoms with Gasteiger partial charge in [-0.1, -0.05) is 32.9 Å². The quantitative estimate of drug-likeness (QED) is 0.799. The molecule has 2 rings (SSSR count). The lowest BCUT2D eigenvalue weighted by atomic mass is 9.87. The van der Waals surface area contributed by atoms with E-state index >= 15 is 0 Å². The van der Waals surface area contributed by atoms with E-state index in [1.54, 1.807) is 0 Å². The van der Waals surface area contributed by atoms with Crippen LogP contribution in [0.2, 0.25) is 0 Å². The van der Waals surface area contributed by atoms with Crippen LogP contribution in [0.15, 0.2) is 24.3 Å². The molecule has 1 fully saturated rings. The highest BCUT2D eigenvalue weighted by atomic mass is 16.4. The Hall–Kier alpha value is -1.84. The van der Waals surface area contributed by atoms with Crippen molar-refractivity contribution in [3.63, 3.8) is 0 Å². The molecular formula is C15H18NO3-. The number of rotatable bonds is 2. The van der Waals surface area contributed by atoms with Gasteiger partial charge in [-0.2, -0.15) is 0 Å². The molecule has 0 bridgehead atoms. The fraction of sp³-hybridized carbons (Fsp3) is 0.467. The van der Waals surface area contributed by atoms with Crippen molar-refractivity contribution in [2.45, 2.75) is 32.6 Å². The molecule has 0 aliphatic carbocycles. The molecule has 1 heterocycles. The number of amides is 1. The SMILES string of the molecule is CC(C)(C)c1ccc(N2CC(C(=O)[O-])CC2=O)cc1. The second kappa shape index (κ2) is 4.68. The Morgan fingerprint density at radius 2 is 1.84 bits per heavy atom. The lowest BCUT2D eigenvalue weighted by Crippen LogP contribution is -2.33. The van der Waals surface area contributed by atoms with Crippen LogP contribution < -0.4 is 10.0 Å². The van der Waals surface area contributed by atoms with Gasteiger partial charge in [0, 0.05) is 30.5 Å². The summed E-state index contributed by atoms with van der Waals surface area (Å²) in [4.78, 5) is 24.1. The van der Waals surface area contributed by atoms with Crippen molar-refractivity contribution < 1.29 is 14.7 Å². The van der Waals surface area contributed by atoms with Crippen LogP contribution in [0.4, 0.5) is 5.69 Å². The molecule has 1 aliphatic rings. The third-order valence-corrected chi connectivity index (χ3v) is 3.50. The predicted octanol–water partition coefficient (Wildman–Crippen LogP) is 1.09. The van der Waals surface area contributed by atoms with Gasteiger partial charge in [0.05, 0.1) is 0 Å². The number of carboxylic acid groups (broad SMARTS) is 1. The Bertz CT molecular complexity index is 499. The van der Waals surface area contributed by atoms with Crippen LogP contribution in [0.1, 0.15) is 32.8 Å². The molecule has 1 unspecified atom stereocenters. The van der Waals surface area contributed by atoms with Gasteiger partial charge in [-0.15, -0.1) is 0 Å². The molecule has 1 atom stereocenters. The summed E-state index contributed by atoms with van der Waals surface area (Å²) in [5.74, 6) is -2.00. The number of carboxylic acids is 1. The maximum atomic E-state index is 11.8. The van der Waals surface area contributed by atoms with Gasteiger partial charge in [-0.25, -0.2) is 0 Å². The summed E-state index contributed by atoms with van der Waals surface area (Å²) in [7, 11) is 0. The first kappa shape index (κ1) is 13.6. The monoisotopic (exact) mass is 260 g/mol. The zero-order valence-electron chi connectivity index (χ0n) is 11.5. The topological polar surface area (TPSA) is 60.4 Å². The largest absolute Gasteiger partial charge is 0.550 e. The van der Waals surface area contributed by atoms with Crippen molar-refractivity contribution in [3.8, 4) is 0 Å². The third kappa shape index (κ3) is 2.78. The van der Waals surface area contributed by atoms with E-state index in [4.69, 9.17) is 0 Å². The first-order chi connectivity index (χ1) is 8.79. The summed E-state index contributed by atoms with van der Waals surface area (Å²) < 4.78 is 0. The van der Waals surface area contributed by atoms with Crippen LogP contribution in [0.5, 0.6) is 0 Å². The van der Waals surface area contributed by atoms with Crippen LogP contribution >= 0.6 is 0 Å². The second-order valence-electron chi connectivity index (χ2n) is 6.02. The van der Waals surface area contributed by atoms with Crippen LogP contribution in [0.25, 0.3) is 0 Å². The summed E-state index contributed by atoms with van der Waals surface area (Å²) in [6, 6.07) is 7.70. The van der Waals surface area contributed by atoms with E-state index in [1.165, 1.54) is 10.5 Å². The molecule has 4 heteroatoms. The molecule has 0 saturated carbocycles. The van der Waals surface area contributed by atoms with E-state index in [9.17, 15) is 14.7 Å². The number of aliphatic carboxylic acids is 1. The molecule has 102 valence electrons. The standard InChI is InChI=1S/C15H19NO3/c1-15(2,3)11-4-6-12(7-5-11)16-9-10(14(18)19)8-13(16)17/h4-7,10H,8-9H2,1-3H3,(H,18,19)/p-1. The Labute approximate surface area is 113 Å². The first-order valence-corrected chi connectivity index (χ1v) is 6.41. The Kier molecular flexibility index (Phi) is 3.35. The Balaban J connectivity index is 2.19. The maximum Gasteiger partial charge on any atom is 0.227 e. The number of nitrogens with zero attached hydrogens (tertiary/aromatic N) is 1. The van der Waals surface area contributed by atoms with Crippen molar-refractivity contribution >= 4 is 17.6 Å². The summed E-state index contributed by atoms with van der Waals surface area (Å²) >= 11 is 0. The van der Waals surface area contributed by atoms with Crippen LogP contribution in [0, 0.1) is 5.92 Å². The normalized spacial score (nSPS) is 19.8. The first-order valence-electron chi connectivity index (χ1n) is 6.41. The van der Waals surface area contributed by atoms with E-state index in [2.05, 4.69) is 20.8 Å². The minimum atomic E-state index is -1.15. The van der Waals surface area contributed by atoms with Gasteiger partial charge in [-0.3, -0.25) is 4.79 Å². The van der Waals surface area contributed by atoms with Gasteiger partial charge in [-0.05, 0) is 23.1 Å². The molecule has 0 spiro atoms. The van der Waals surface area contributed by atoms with Gasteiger partial charge in [0.25, 0.3) is 0 Å². The highest BCUT2D eigenvalue weighted by Crippen LogP contribution is 2.28. The van der Waals surface area contributed by atoms with Crippen LogP contribution in [-0.2, 0) is 15.0 Å². The van der Waals surface area contributed by atoms with E-state index in [1.807, 2.05) is 24.3 Å². The number of anilines is 1. The predicted molar refractivity (Wildman–Crippen MR) is 70.6 cm³/mol. The smallest absolute Gasteiger partial charge is 0.227 e. The number of carbonyl (C=O) groups is 2. The number of benzene rings is 1. The molecule has 1 aromatic carbocycles. The molecule has 1 aliphatic heterocycles. The average molecular weight is 260 g/mol. The molecular weight excluding hydrogens is 242 g/mol. The van der Waals surface area contributed by atoms with Crippen molar-refractivity contribution in [3.05, 3.63) is 29.8 Å². The van der Waals surface area contributed by atoms with Crippen LogP contribution in [0.3, 0.4) is 0 Å². The minimum absolute atomic E-state index is 0.0311. The van der Waals surface area contributed by atoms with Crippen molar-refractivity contribution in [2.75, 3.05) is 11.4 Å². The van der Waals surface area contributed by atoms with Gasteiger partial charge >= 0.3 is 0 Å². The lowest BCUT2D eigenvalue weighted by molar-refractivity contribution is -0.310. The maximum absolute atomic E-state index is 11.8. The Morgan fingerprint density at radius 1 is 1.26 bits per heavy atom. The zero-order chi connectivity index (χ0) is 14.2. The minimum Gasteiger partial charge on any atom is -0.550 e. The van der Waals surface area contributed by atoms with Crippen LogP contribution in [-0.4, -0.2) is 18.4 Å². The molecule has 4 nitrogen and oxygen atoms in total. The highest BCUT2D eigenvalue weighted by Gasteiger charge is 2.31. The van der Waals surface area contributed by atoms with E-state index in [0.717, 1.165) is 5.69 Å². The number of hydrogen-bond acceptors (Lipinski definition) is 3. The zero-order valence-corrected chi connectivity index (χ0v) is 11.5. The van der Waals surface area contributed by atoms with Crippen molar-refractivity contribution in [2.24, 2.45) is 5.92 Å². The summed E-state index contributed by atoms with van der Waals surface area (Å²) in [5, 5.41) is 10.8. The molecule has 0 radical (unpaired) electrons. The summed E-state index contributed by atoms with van der Waals surface area (Å²) in [6.45, 7) is 6.56. The molecule has 19 heavy (non-hydrogen) atoms. The summed E-state index contributed by atoms with van der Waals surface area (Å²) in [5.41, 5.74) is 1.99. The fourth-order valence-corrected chi connectivity index (χ4v) is 2.26. The molecule has 0 N–H and O–H groups in total.